The molecule has 2 heterocycles. The van der Waals surface area contributed by atoms with Crippen molar-refractivity contribution < 1.29 is 0 Å². The van der Waals surface area contributed by atoms with Gasteiger partial charge in [-0.25, -0.2) is 4.98 Å². The Morgan fingerprint density at radius 3 is 2.67 bits per heavy atom. The topological polar surface area (TPSA) is 31.4 Å². The lowest BCUT2D eigenvalue weighted by Gasteiger charge is -2.25. The van der Waals surface area contributed by atoms with Crippen molar-refractivity contribution in [2.75, 3.05) is 32.1 Å². The third-order valence-corrected chi connectivity index (χ3v) is 4.33. The van der Waals surface area contributed by atoms with Gasteiger partial charge in [0.15, 0.2) is 0 Å². The van der Waals surface area contributed by atoms with E-state index in [1.54, 1.807) is 0 Å². The molecule has 0 aliphatic carbocycles. The van der Waals surface area contributed by atoms with Crippen molar-refractivity contribution in [2.45, 2.75) is 52.7 Å². The molecule has 1 aromatic heterocycles. The summed E-state index contributed by atoms with van der Waals surface area (Å²) in [6.07, 6.45) is 1.22. The average molecular weight is 290 g/mol. The van der Waals surface area contributed by atoms with Crippen LogP contribution in [0.5, 0.6) is 0 Å². The van der Waals surface area contributed by atoms with Gasteiger partial charge in [0.25, 0.3) is 0 Å². The smallest absolute Gasteiger partial charge is 0.133 e. The lowest BCUT2D eigenvalue weighted by atomic mass is 10.1. The molecule has 118 valence electrons. The Kier molecular flexibility index (Phi) is 5.22. The summed E-state index contributed by atoms with van der Waals surface area (Å²) in [5.41, 5.74) is 3.82. The highest BCUT2D eigenvalue weighted by atomic mass is 15.3. The van der Waals surface area contributed by atoms with Crippen LogP contribution in [0.2, 0.25) is 0 Å². The van der Waals surface area contributed by atoms with Gasteiger partial charge in [-0.3, -0.25) is 0 Å². The molecule has 2 rings (SSSR count). The fourth-order valence-corrected chi connectivity index (χ4v) is 2.99. The maximum atomic E-state index is 4.86. The van der Waals surface area contributed by atoms with Gasteiger partial charge in [-0.05, 0) is 46.0 Å². The van der Waals surface area contributed by atoms with Crippen LogP contribution in [0, 0.1) is 13.8 Å². The zero-order chi connectivity index (χ0) is 15.6. The van der Waals surface area contributed by atoms with E-state index in [2.05, 4.69) is 63.0 Å². The number of nitrogens with zero attached hydrogens (tertiary/aromatic N) is 3. The van der Waals surface area contributed by atoms with Gasteiger partial charge in [-0.2, -0.15) is 0 Å². The van der Waals surface area contributed by atoms with E-state index in [0.29, 0.717) is 12.1 Å². The summed E-state index contributed by atoms with van der Waals surface area (Å²) in [5, 5.41) is 3.54. The summed E-state index contributed by atoms with van der Waals surface area (Å²) in [4.78, 5) is 9.64. The first-order valence-corrected chi connectivity index (χ1v) is 8.00. The van der Waals surface area contributed by atoms with Crippen molar-refractivity contribution >= 4 is 5.82 Å². The van der Waals surface area contributed by atoms with Crippen LogP contribution in [0.3, 0.4) is 0 Å². The quantitative estimate of drug-likeness (QED) is 0.902. The number of hydrogen-bond acceptors (Lipinski definition) is 4. The summed E-state index contributed by atoms with van der Waals surface area (Å²) in [5.74, 6) is 1.19. The highest BCUT2D eigenvalue weighted by molar-refractivity contribution is 5.52. The van der Waals surface area contributed by atoms with E-state index < -0.39 is 0 Å². The third kappa shape index (κ3) is 3.95. The fraction of sp³-hybridized carbons (Fsp3) is 0.706. The molecule has 4 nitrogen and oxygen atoms in total. The Balaban J connectivity index is 2.25. The molecule has 0 saturated carbocycles. The maximum Gasteiger partial charge on any atom is 0.133 e. The van der Waals surface area contributed by atoms with E-state index in [4.69, 9.17) is 4.98 Å². The molecule has 1 fully saturated rings. The number of rotatable bonds is 5. The van der Waals surface area contributed by atoms with E-state index in [0.717, 1.165) is 25.3 Å². The molecule has 1 aliphatic heterocycles. The van der Waals surface area contributed by atoms with Gasteiger partial charge in [-0.15, -0.1) is 0 Å². The molecule has 1 aliphatic rings. The molecule has 0 bridgehead atoms. The molecule has 0 radical (unpaired) electrons. The van der Waals surface area contributed by atoms with Crippen molar-refractivity contribution in [3.8, 4) is 0 Å². The molecule has 0 amide bonds. The second kappa shape index (κ2) is 6.75. The molecule has 1 atom stereocenters. The maximum absolute atomic E-state index is 4.86. The molecule has 1 saturated heterocycles. The van der Waals surface area contributed by atoms with E-state index in [9.17, 15) is 0 Å². The van der Waals surface area contributed by atoms with E-state index in [1.165, 1.54) is 23.4 Å². The van der Waals surface area contributed by atoms with Gasteiger partial charge in [0.05, 0.1) is 0 Å². The van der Waals surface area contributed by atoms with Crippen molar-refractivity contribution in [1.29, 1.82) is 0 Å². The lowest BCUT2D eigenvalue weighted by Crippen LogP contribution is -2.33. The van der Waals surface area contributed by atoms with Crippen LogP contribution in [0.25, 0.3) is 0 Å². The van der Waals surface area contributed by atoms with Gasteiger partial charge in [0.2, 0.25) is 0 Å². The molecule has 1 unspecified atom stereocenters. The Morgan fingerprint density at radius 2 is 2.10 bits per heavy atom. The fourth-order valence-electron chi connectivity index (χ4n) is 2.99. The molecule has 1 N–H and O–H groups in total. The zero-order valence-electron chi connectivity index (χ0n) is 14.4. The molecule has 21 heavy (non-hydrogen) atoms. The van der Waals surface area contributed by atoms with Crippen molar-refractivity contribution in [1.82, 2.24) is 15.2 Å². The minimum Gasteiger partial charge on any atom is -0.355 e. The first-order valence-electron chi connectivity index (χ1n) is 8.00. The van der Waals surface area contributed by atoms with Gasteiger partial charge < -0.3 is 15.1 Å². The molecular weight excluding hydrogens is 260 g/mol. The van der Waals surface area contributed by atoms with Crippen LogP contribution < -0.4 is 10.2 Å². The van der Waals surface area contributed by atoms with Gasteiger partial charge in [0.1, 0.15) is 5.82 Å². The van der Waals surface area contributed by atoms with Crippen molar-refractivity contribution in [3.63, 3.8) is 0 Å². The average Bonchev–Trinajstić information content (AvgIpc) is 2.86. The number of hydrogen-bond donors (Lipinski definition) is 1. The number of nitrogens with one attached hydrogen (secondary N) is 1. The number of anilines is 1. The van der Waals surface area contributed by atoms with E-state index in [-0.39, 0.29) is 0 Å². The van der Waals surface area contributed by atoms with Crippen LogP contribution in [0.15, 0.2) is 6.07 Å². The van der Waals surface area contributed by atoms with Gasteiger partial charge >= 0.3 is 0 Å². The summed E-state index contributed by atoms with van der Waals surface area (Å²) in [7, 11) is 4.34. The predicted molar refractivity (Wildman–Crippen MR) is 90.0 cm³/mol. The molecule has 0 spiro atoms. The summed E-state index contributed by atoms with van der Waals surface area (Å²) in [6, 6.07) is 3.32. The van der Waals surface area contributed by atoms with Crippen molar-refractivity contribution in [3.05, 3.63) is 22.9 Å². The largest absolute Gasteiger partial charge is 0.355 e. The molecular formula is C17H30N4. The van der Waals surface area contributed by atoms with Gasteiger partial charge in [-0.1, -0.05) is 13.8 Å². The Morgan fingerprint density at radius 1 is 1.38 bits per heavy atom. The van der Waals surface area contributed by atoms with Crippen LogP contribution in [-0.4, -0.2) is 49.2 Å². The molecule has 1 aromatic rings. The van der Waals surface area contributed by atoms with Crippen LogP contribution in [0.1, 0.15) is 37.1 Å². The zero-order valence-corrected chi connectivity index (χ0v) is 14.4. The molecule has 0 aromatic carbocycles. The Labute approximate surface area is 129 Å². The molecule has 4 heteroatoms. The number of likely N-dealkylation sites (N-methyl/N-ethyl adjacent to an activating group) is 1. The normalized spacial score (nSPS) is 19.0. The minimum atomic E-state index is 0.492. The van der Waals surface area contributed by atoms with Crippen molar-refractivity contribution in [2.24, 2.45) is 0 Å². The number of aryl methyl sites for hydroxylation is 2. The highest BCUT2D eigenvalue weighted by Crippen LogP contribution is 2.27. The van der Waals surface area contributed by atoms with Crippen LogP contribution >= 0.6 is 0 Å². The Hall–Kier alpha value is -1.13. The van der Waals surface area contributed by atoms with E-state index >= 15 is 0 Å². The summed E-state index contributed by atoms with van der Waals surface area (Å²) in [6.45, 7) is 11.8. The van der Waals surface area contributed by atoms with Crippen LogP contribution in [-0.2, 0) is 6.54 Å². The van der Waals surface area contributed by atoms with Crippen LogP contribution in [0.4, 0.5) is 5.82 Å². The summed E-state index contributed by atoms with van der Waals surface area (Å²) < 4.78 is 0. The van der Waals surface area contributed by atoms with Gasteiger partial charge in [0, 0.05) is 43.0 Å². The Bertz CT molecular complexity index is 482. The highest BCUT2D eigenvalue weighted by Gasteiger charge is 2.27. The van der Waals surface area contributed by atoms with E-state index in [1.807, 2.05) is 0 Å². The number of pyridine rings is 1. The lowest BCUT2D eigenvalue weighted by molar-refractivity contribution is 0.315. The summed E-state index contributed by atoms with van der Waals surface area (Å²) >= 11 is 0. The first-order chi connectivity index (χ1) is 9.88. The number of aromatic nitrogens is 1. The SMILES string of the molecule is Cc1cc(C)c(CNC(C)C)c(N2CCC(N(C)C)C2)n1. The predicted octanol–water partition coefficient (Wildman–Crippen LogP) is 2.34. The standard InChI is InChI=1S/C17H30N4/c1-12(2)18-10-16-13(3)9-14(4)19-17(16)21-8-7-15(11-21)20(5)6/h9,12,15,18H,7-8,10-11H2,1-6H3. The second-order valence-electron chi connectivity index (χ2n) is 6.77. The second-order valence-corrected chi connectivity index (χ2v) is 6.77. The third-order valence-electron chi connectivity index (χ3n) is 4.33. The first kappa shape index (κ1) is 16.2. The monoisotopic (exact) mass is 290 g/mol. The minimum absolute atomic E-state index is 0.492.